The van der Waals surface area contributed by atoms with E-state index in [0.717, 1.165) is 63.6 Å². The summed E-state index contributed by atoms with van der Waals surface area (Å²) in [5, 5.41) is 13.1. The molecule has 1 amide bonds. The summed E-state index contributed by atoms with van der Waals surface area (Å²) in [4.78, 5) is 31.4. The second-order valence-corrected chi connectivity index (χ2v) is 5.79. The third-order valence-electron chi connectivity index (χ3n) is 4.04. The van der Waals surface area contributed by atoms with Crippen LogP contribution in [0, 0.1) is 6.92 Å². The van der Waals surface area contributed by atoms with Crippen LogP contribution in [0.3, 0.4) is 0 Å². The van der Waals surface area contributed by atoms with Crippen LogP contribution in [0.1, 0.15) is 28.3 Å². The predicted octanol–water partition coefficient (Wildman–Crippen LogP) is -0.0941. The van der Waals surface area contributed by atoms with Crippen molar-refractivity contribution in [1.82, 2.24) is 20.2 Å². The second kappa shape index (κ2) is 9.90. The maximum atomic E-state index is 11.9. The summed E-state index contributed by atoms with van der Waals surface area (Å²) in [5.74, 6) is 1.36. The Bertz CT molecular complexity index is 590. The number of amides is 1. The first-order valence-electron chi connectivity index (χ1n) is 8.43. The maximum Gasteiger partial charge on any atom is 0.290 e. The van der Waals surface area contributed by atoms with Gasteiger partial charge >= 0.3 is 0 Å². The molecule has 3 rings (SSSR count). The first-order valence-corrected chi connectivity index (χ1v) is 8.43. The summed E-state index contributed by atoms with van der Waals surface area (Å²) in [6.07, 6.45) is 1.83. The Morgan fingerprint density at radius 1 is 1.36 bits per heavy atom. The molecule has 138 valence electrons. The third-order valence-corrected chi connectivity index (χ3v) is 4.04. The lowest BCUT2D eigenvalue weighted by atomic mass is 10.1. The number of hydrogen-bond donors (Lipinski definition) is 3. The third kappa shape index (κ3) is 5.64. The molecular formula is C16H25N5O4. The van der Waals surface area contributed by atoms with Crippen LogP contribution in [-0.2, 0) is 16.0 Å². The average Bonchev–Trinajstić information content (AvgIpc) is 2.61. The van der Waals surface area contributed by atoms with Crippen molar-refractivity contribution in [2.45, 2.75) is 19.8 Å². The van der Waals surface area contributed by atoms with Gasteiger partial charge in [-0.25, -0.2) is 9.97 Å². The predicted molar refractivity (Wildman–Crippen MR) is 91.9 cm³/mol. The number of rotatable bonds is 5. The molecule has 3 heterocycles. The standard InChI is InChI=1S/C15H23N5O2.CH2O2/c1-11-18-13-12(3-5-17-15(13)21)14(19-11)16-4-2-6-20-7-9-22-10-8-20;2-1-3/h2-10H2,1H3,(H,17,21)(H,16,18,19);1H,(H,2,3). The summed E-state index contributed by atoms with van der Waals surface area (Å²) in [5.41, 5.74) is 1.47. The van der Waals surface area contributed by atoms with Crippen LogP contribution in [0.15, 0.2) is 0 Å². The van der Waals surface area contributed by atoms with E-state index in [1.54, 1.807) is 0 Å². The molecule has 9 nitrogen and oxygen atoms in total. The van der Waals surface area contributed by atoms with E-state index in [-0.39, 0.29) is 12.4 Å². The van der Waals surface area contributed by atoms with E-state index in [2.05, 4.69) is 25.5 Å². The van der Waals surface area contributed by atoms with Gasteiger partial charge in [0.25, 0.3) is 12.4 Å². The minimum absolute atomic E-state index is 0.0943. The Labute approximate surface area is 146 Å². The summed E-state index contributed by atoms with van der Waals surface area (Å²) in [7, 11) is 0. The fraction of sp³-hybridized carbons (Fsp3) is 0.625. The molecule has 1 fully saturated rings. The normalized spacial score (nSPS) is 16.9. The SMILES string of the molecule is Cc1nc(NCCCN2CCOCC2)c2c(n1)C(=O)NCC2.O=CO. The summed E-state index contributed by atoms with van der Waals surface area (Å²) in [6, 6.07) is 0. The molecule has 3 N–H and O–H groups in total. The Balaban J connectivity index is 0.000000701. The van der Waals surface area contributed by atoms with Crippen molar-refractivity contribution < 1.29 is 19.4 Å². The molecule has 2 aliphatic rings. The molecule has 0 unspecified atom stereocenters. The van der Waals surface area contributed by atoms with Crippen molar-refractivity contribution in [1.29, 1.82) is 0 Å². The molecule has 0 saturated carbocycles. The van der Waals surface area contributed by atoms with Gasteiger partial charge in [0, 0.05) is 31.7 Å². The van der Waals surface area contributed by atoms with Crippen LogP contribution in [0.25, 0.3) is 0 Å². The van der Waals surface area contributed by atoms with Gasteiger partial charge in [-0.3, -0.25) is 14.5 Å². The van der Waals surface area contributed by atoms with Gasteiger partial charge < -0.3 is 20.5 Å². The Hall–Kier alpha value is -2.26. The Morgan fingerprint density at radius 2 is 2.08 bits per heavy atom. The molecule has 0 aromatic carbocycles. The highest BCUT2D eigenvalue weighted by Crippen LogP contribution is 2.20. The van der Waals surface area contributed by atoms with Gasteiger partial charge in [0.1, 0.15) is 17.3 Å². The number of fused-ring (bicyclic) bond motifs is 1. The van der Waals surface area contributed by atoms with Crippen LogP contribution in [0.2, 0.25) is 0 Å². The van der Waals surface area contributed by atoms with Gasteiger partial charge in [0.15, 0.2) is 0 Å². The molecule has 1 aromatic rings. The molecule has 1 saturated heterocycles. The number of anilines is 1. The smallest absolute Gasteiger partial charge is 0.290 e. The van der Waals surface area contributed by atoms with Crippen molar-refractivity contribution in [3.8, 4) is 0 Å². The highest BCUT2D eigenvalue weighted by atomic mass is 16.5. The van der Waals surface area contributed by atoms with E-state index in [1.807, 2.05) is 6.92 Å². The van der Waals surface area contributed by atoms with E-state index >= 15 is 0 Å². The van der Waals surface area contributed by atoms with Crippen molar-refractivity contribution in [2.24, 2.45) is 0 Å². The van der Waals surface area contributed by atoms with Gasteiger partial charge in [-0.15, -0.1) is 0 Å². The van der Waals surface area contributed by atoms with Crippen molar-refractivity contribution in [2.75, 3.05) is 51.3 Å². The number of carbonyl (C=O) groups is 2. The van der Waals surface area contributed by atoms with E-state index in [1.165, 1.54) is 0 Å². The molecule has 0 radical (unpaired) electrons. The Kier molecular flexibility index (Phi) is 7.55. The largest absolute Gasteiger partial charge is 0.483 e. The summed E-state index contributed by atoms with van der Waals surface area (Å²) in [6.45, 7) is 7.83. The minimum atomic E-state index is -0.250. The lowest BCUT2D eigenvalue weighted by molar-refractivity contribution is -0.122. The lowest BCUT2D eigenvalue weighted by Crippen LogP contribution is -2.37. The lowest BCUT2D eigenvalue weighted by Gasteiger charge is -2.26. The minimum Gasteiger partial charge on any atom is -0.483 e. The molecular weight excluding hydrogens is 326 g/mol. The zero-order valence-corrected chi connectivity index (χ0v) is 14.5. The van der Waals surface area contributed by atoms with Crippen LogP contribution in [0.5, 0.6) is 0 Å². The van der Waals surface area contributed by atoms with Crippen LogP contribution in [-0.4, -0.2) is 78.3 Å². The number of hydrogen-bond acceptors (Lipinski definition) is 7. The van der Waals surface area contributed by atoms with Crippen molar-refractivity contribution in [3.05, 3.63) is 17.1 Å². The van der Waals surface area contributed by atoms with E-state index in [4.69, 9.17) is 14.6 Å². The highest BCUT2D eigenvalue weighted by molar-refractivity contribution is 5.95. The van der Waals surface area contributed by atoms with E-state index < -0.39 is 0 Å². The van der Waals surface area contributed by atoms with Crippen molar-refractivity contribution >= 4 is 18.2 Å². The summed E-state index contributed by atoms with van der Waals surface area (Å²) >= 11 is 0. The first-order chi connectivity index (χ1) is 12.2. The molecule has 0 bridgehead atoms. The number of morpholine rings is 1. The van der Waals surface area contributed by atoms with Gasteiger partial charge in [-0.1, -0.05) is 0 Å². The van der Waals surface area contributed by atoms with E-state index in [0.29, 0.717) is 18.1 Å². The number of aryl methyl sites for hydroxylation is 1. The van der Waals surface area contributed by atoms with Crippen LogP contribution in [0.4, 0.5) is 5.82 Å². The van der Waals surface area contributed by atoms with Crippen LogP contribution < -0.4 is 10.6 Å². The van der Waals surface area contributed by atoms with Gasteiger partial charge in [0.05, 0.1) is 13.2 Å². The molecule has 0 atom stereocenters. The first kappa shape index (κ1) is 19.1. The maximum absolute atomic E-state index is 11.9. The number of ether oxygens (including phenoxy) is 1. The van der Waals surface area contributed by atoms with Gasteiger partial charge in [-0.05, 0) is 26.3 Å². The monoisotopic (exact) mass is 351 g/mol. The van der Waals surface area contributed by atoms with Crippen molar-refractivity contribution in [3.63, 3.8) is 0 Å². The quantitative estimate of drug-likeness (QED) is 0.498. The number of nitrogens with one attached hydrogen (secondary N) is 2. The summed E-state index contributed by atoms with van der Waals surface area (Å²) < 4.78 is 5.35. The van der Waals surface area contributed by atoms with Gasteiger partial charge in [-0.2, -0.15) is 0 Å². The second-order valence-electron chi connectivity index (χ2n) is 5.79. The molecule has 1 aromatic heterocycles. The number of aromatic nitrogens is 2. The molecule has 9 heteroatoms. The molecule has 2 aliphatic heterocycles. The fourth-order valence-electron chi connectivity index (χ4n) is 2.89. The van der Waals surface area contributed by atoms with E-state index in [9.17, 15) is 4.79 Å². The number of carbonyl (C=O) groups excluding carboxylic acids is 1. The number of nitrogens with zero attached hydrogens (tertiary/aromatic N) is 3. The fourth-order valence-corrected chi connectivity index (χ4v) is 2.89. The zero-order valence-electron chi connectivity index (χ0n) is 14.5. The molecule has 0 spiro atoms. The van der Waals surface area contributed by atoms with Gasteiger partial charge in [0.2, 0.25) is 0 Å². The average molecular weight is 351 g/mol. The van der Waals surface area contributed by atoms with Crippen LogP contribution >= 0.6 is 0 Å². The molecule has 25 heavy (non-hydrogen) atoms. The topological polar surface area (TPSA) is 117 Å². The zero-order chi connectivity index (χ0) is 18.1. The number of carboxylic acid groups (broad SMARTS) is 1. The molecule has 0 aliphatic carbocycles. The highest BCUT2D eigenvalue weighted by Gasteiger charge is 2.22. The Morgan fingerprint density at radius 3 is 2.80 bits per heavy atom.